The lowest BCUT2D eigenvalue weighted by molar-refractivity contribution is -0.115. The van der Waals surface area contributed by atoms with E-state index in [4.69, 9.17) is 0 Å². The molecular formula is C14H13N3OS. The fourth-order valence-electron chi connectivity index (χ4n) is 2.04. The number of hydrogen-bond donors (Lipinski definition) is 0. The highest BCUT2D eigenvalue weighted by Gasteiger charge is 2.34. The molecule has 1 unspecified atom stereocenters. The van der Waals surface area contributed by atoms with E-state index in [9.17, 15) is 4.79 Å². The second-order valence-electron chi connectivity index (χ2n) is 4.41. The van der Waals surface area contributed by atoms with Crippen molar-refractivity contribution < 1.29 is 4.79 Å². The number of aromatic nitrogens is 2. The third-order valence-electron chi connectivity index (χ3n) is 2.98. The molecule has 3 heterocycles. The Bertz CT molecular complexity index is 585. The first-order chi connectivity index (χ1) is 9.25. The van der Waals surface area contributed by atoms with E-state index in [1.165, 1.54) is 0 Å². The molecule has 0 saturated carbocycles. The average molecular weight is 271 g/mol. The molecule has 96 valence electrons. The molecule has 1 aliphatic heterocycles. The fraction of sp³-hybridized carbons (Fsp3) is 0.214. The number of pyridine rings is 2. The highest BCUT2D eigenvalue weighted by molar-refractivity contribution is 8.00. The maximum absolute atomic E-state index is 12.1. The van der Waals surface area contributed by atoms with E-state index in [-0.39, 0.29) is 11.3 Å². The molecular weight excluding hydrogens is 258 g/mol. The van der Waals surface area contributed by atoms with E-state index < -0.39 is 0 Å². The summed E-state index contributed by atoms with van der Waals surface area (Å²) in [6.45, 7) is 1.98. The summed E-state index contributed by atoms with van der Waals surface area (Å²) in [4.78, 5) is 22.3. The monoisotopic (exact) mass is 271 g/mol. The predicted molar refractivity (Wildman–Crippen MR) is 75.9 cm³/mol. The van der Waals surface area contributed by atoms with E-state index >= 15 is 0 Å². The first kappa shape index (κ1) is 12.2. The van der Waals surface area contributed by atoms with Gasteiger partial charge >= 0.3 is 0 Å². The lowest BCUT2D eigenvalue weighted by atomic mass is 10.2. The number of aryl methyl sites for hydroxylation is 1. The number of rotatable bonds is 2. The fourth-order valence-corrected chi connectivity index (χ4v) is 3.19. The lowest BCUT2D eigenvalue weighted by Crippen LogP contribution is -2.28. The van der Waals surface area contributed by atoms with Crippen LogP contribution in [0.15, 0.2) is 42.9 Å². The Hall–Kier alpha value is -1.88. The van der Waals surface area contributed by atoms with Gasteiger partial charge in [-0.15, -0.1) is 11.8 Å². The second-order valence-corrected chi connectivity index (χ2v) is 5.48. The average Bonchev–Trinajstić information content (AvgIpc) is 2.83. The largest absolute Gasteiger partial charge is 0.279 e. The molecule has 0 radical (unpaired) electrons. The molecule has 1 atom stereocenters. The van der Waals surface area contributed by atoms with Crippen LogP contribution in [0.2, 0.25) is 0 Å². The zero-order valence-electron chi connectivity index (χ0n) is 10.5. The van der Waals surface area contributed by atoms with E-state index in [0.717, 1.165) is 11.1 Å². The first-order valence-corrected chi connectivity index (χ1v) is 7.07. The van der Waals surface area contributed by atoms with Crippen LogP contribution in [0.1, 0.15) is 16.5 Å². The van der Waals surface area contributed by atoms with Crippen LogP contribution < -0.4 is 4.90 Å². The predicted octanol–water partition coefficient (Wildman–Crippen LogP) is 2.56. The minimum absolute atomic E-state index is 0.0311. The van der Waals surface area contributed by atoms with Gasteiger partial charge in [0.05, 0.1) is 5.75 Å². The Labute approximate surface area is 115 Å². The Balaban J connectivity index is 1.97. The summed E-state index contributed by atoms with van der Waals surface area (Å²) >= 11 is 1.61. The van der Waals surface area contributed by atoms with Crippen molar-refractivity contribution in [3.8, 4) is 0 Å². The van der Waals surface area contributed by atoms with Crippen LogP contribution in [0.4, 0.5) is 5.82 Å². The zero-order valence-corrected chi connectivity index (χ0v) is 11.3. The van der Waals surface area contributed by atoms with Crippen LogP contribution in [0, 0.1) is 6.92 Å². The SMILES string of the molecule is Cc1ccc(N2C(=O)CSC2c2cccnc2)nc1. The second kappa shape index (κ2) is 5.01. The molecule has 0 aromatic carbocycles. The van der Waals surface area contributed by atoms with Crippen molar-refractivity contribution >= 4 is 23.5 Å². The third kappa shape index (κ3) is 2.33. The molecule has 1 aliphatic rings. The van der Waals surface area contributed by atoms with Crippen molar-refractivity contribution in [1.82, 2.24) is 9.97 Å². The summed E-state index contributed by atoms with van der Waals surface area (Å²) < 4.78 is 0. The quantitative estimate of drug-likeness (QED) is 0.842. The summed E-state index contributed by atoms with van der Waals surface area (Å²) in [6.07, 6.45) is 5.32. The van der Waals surface area contributed by atoms with Crippen LogP contribution in [-0.4, -0.2) is 21.6 Å². The summed E-state index contributed by atoms with van der Waals surface area (Å²) in [5.74, 6) is 1.28. The smallest absolute Gasteiger partial charge is 0.239 e. The highest BCUT2D eigenvalue weighted by atomic mass is 32.2. The summed E-state index contributed by atoms with van der Waals surface area (Å²) in [5, 5.41) is -0.0311. The topological polar surface area (TPSA) is 46.1 Å². The summed E-state index contributed by atoms with van der Waals surface area (Å²) in [5.41, 5.74) is 2.11. The van der Waals surface area contributed by atoms with Crippen molar-refractivity contribution in [3.63, 3.8) is 0 Å². The molecule has 0 bridgehead atoms. The van der Waals surface area contributed by atoms with Gasteiger partial charge in [0, 0.05) is 24.2 Å². The van der Waals surface area contributed by atoms with E-state index in [1.807, 2.05) is 31.2 Å². The molecule has 0 spiro atoms. The van der Waals surface area contributed by atoms with Gasteiger partial charge in [-0.25, -0.2) is 4.98 Å². The van der Waals surface area contributed by atoms with Gasteiger partial charge in [0.1, 0.15) is 11.2 Å². The minimum atomic E-state index is -0.0311. The van der Waals surface area contributed by atoms with Crippen LogP contribution in [0.5, 0.6) is 0 Å². The maximum Gasteiger partial charge on any atom is 0.239 e. The number of nitrogens with zero attached hydrogens (tertiary/aromatic N) is 3. The number of thioether (sulfide) groups is 1. The van der Waals surface area contributed by atoms with Gasteiger partial charge in [0.25, 0.3) is 0 Å². The van der Waals surface area contributed by atoms with Crippen molar-refractivity contribution in [3.05, 3.63) is 54.0 Å². The first-order valence-electron chi connectivity index (χ1n) is 6.02. The zero-order chi connectivity index (χ0) is 13.2. The molecule has 1 saturated heterocycles. The summed E-state index contributed by atoms with van der Waals surface area (Å²) in [7, 11) is 0. The number of carbonyl (C=O) groups excluding carboxylic acids is 1. The molecule has 19 heavy (non-hydrogen) atoms. The van der Waals surface area contributed by atoms with Crippen molar-refractivity contribution in [2.75, 3.05) is 10.7 Å². The Morgan fingerprint density at radius 1 is 1.32 bits per heavy atom. The Morgan fingerprint density at radius 2 is 2.21 bits per heavy atom. The lowest BCUT2D eigenvalue weighted by Gasteiger charge is -2.22. The van der Waals surface area contributed by atoms with Gasteiger partial charge in [-0.3, -0.25) is 14.7 Å². The molecule has 4 nitrogen and oxygen atoms in total. The van der Waals surface area contributed by atoms with Crippen molar-refractivity contribution in [2.24, 2.45) is 0 Å². The van der Waals surface area contributed by atoms with Crippen LogP contribution in [0.3, 0.4) is 0 Å². The normalized spacial score (nSPS) is 18.9. The molecule has 1 fully saturated rings. The number of carbonyl (C=O) groups is 1. The molecule has 2 aromatic rings. The van der Waals surface area contributed by atoms with Gasteiger partial charge < -0.3 is 0 Å². The highest BCUT2D eigenvalue weighted by Crippen LogP contribution is 2.40. The third-order valence-corrected chi connectivity index (χ3v) is 4.19. The van der Waals surface area contributed by atoms with Gasteiger partial charge in [-0.2, -0.15) is 0 Å². The van der Waals surface area contributed by atoms with Crippen molar-refractivity contribution in [2.45, 2.75) is 12.3 Å². The Kier molecular flexibility index (Phi) is 3.21. The van der Waals surface area contributed by atoms with E-state index in [2.05, 4.69) is 9.97 Å². The standard InChI is InChI=1S/C14H13N3OS/c1-10-4-5-12(16-7-10)17-13(18)9-19-14(17)11-3-2-6-15-8-11/h2-8,14H,9H2,1H3. The van der Waals surface area contributed by atoms with Crippen LogP contribution in [-0.2, 0) is 4.79 Å². The number of anilines is 1. The van der Waals surface area contributed by atoms with Gasteiger partial charge in [-0.1, -0.05) is 12.1 Å². The Morgan fingerprint density at radius 3 is 2.89 bits per heavy atom. The summed E-state index contributed by atoms with van der Waals surface area (Å²) in [6, 6.07) is 7.74. The van der Waals surface area contributed by atoms with Crippen LogP contribution in [0.25, 0.3) is 0 Å². The van der Waals surface area contributed by atoms with Gasteiger partial charge in [0.2, 0.25) is 5.91 Å². The van der Waals surface area contributed by atoms with Gasteiger partial charge in [0.15, 0.2) is 0 Å². The van der Waals surface area contributed by atoms with Crippen LogP contribution >= 0.6 is 11.8 Å². The molecule has 2 aromatic heterocycles. The van der Waals surface area contributed by atoms with E-state index in [1.54, 1.807) is 35.3 Å². The molecule has 3 rings (SSSR count). The number of amides is 1. The molecule has 0 N–H and O–H groups in total. The van der Waals surface area contributed by atoms with Crippen molar-refractivity contribution in [1.29, 1.82) is 0 Å². The molecule has 5 heteroatoms. The maximum atomic E-state index is 12.1. The molecule has 0 aliphatic carbocycles. The van der Waals surface area contributed by atoms with E-state index in [0.29, 0.717) is 11.6 Å². The van der Waals surface area contributed by atoms with Gasteiger partial charge in [-0.05, 0) is 24.6 Å². The number of hydrogen-bond acceptors (Lipinski definition) is 4. The molecule has 1 amide bonds. The minimum Gasteiger partial charge on any atom is -0.279 e.